The molecule has 3 aromatic rings. The molecule has 0 saturated heterocycles. The van der Waals surface area contributed by atoms with Crippen molar-refractivity contribution in [1.82, 2.24) is 10.3 Å². The largest absolute Gasteiger partial charge is 0.279 e. The summed E-state index contributed by atoms with van der Waals surface area (Å²) in [4.78, 5) is 10.1. The quantitative estimate of drug-likeness (QED) is 0.572. The predicted molar refractivity (Wildman–Crippen MR) is 80.4 cm³/mol. The highest BCUT2D eigenvalue weighted by Crippen LogP contribution is 2.26. The molecule has 1 heterocycles. The molecular formula is C13H10N4O5S. The molecular weight excluding hydrogens is 324 g/mol. The van der Waals surface area contributed by atoms with Gasteiger partial charge in [-0.15, -0.1) is 0 Å². The van der Waals surface area contributed by atoms with Crippen molar-refractivity contribution in [3.05, 3.63) is 52.1 Å². The lowest BCUT2D eigenvalue weighted by atomic mass is 10.2. The Morgan fingerprint density at radius 2 is 2.00 bits per heavy atom. The number of anilines is 1. The van der Waals surface area contributed by atoms with Gasteiger partial charge in [0, 0.05) is 12.1 Å². The third-order valence-electron chi connectivity index (χ3n) is 3.20. The van der Waals surface area contributed by atoms with Crippen molar-refractivity contribution >= 4 is 32.4 Å². The van der Waals surface area contributed by atoms with Crippen LogP contribution >= 0.6 is 0 Å². The Bertz CT molecular complexity index is 1010. The molecule has 0 unspecified atom stereocenters. The summed E-state index contributed by atoms with van der Waals surface area (Å²) in [6.45, 7) is 1.57. The van der Waals surface area contributed by atoms with Crippen molar-refractivity contribution < 1.29 is 18.0 Å². The van der Waals surface area contributed by atoms with Crippen LogP contribution in [0.1, 0.15) is 5.56 Å². The van der Waals surface area contributed by atoms with Crippen LogP contribution in [-0.2, 0) is 10.0 Å². The van der Waals surface area contributed by atoms with Gasteiger partial charge in [-0.2, -0.15) is 0 Å². The Balaban J connectivity index is 2.02. The lowest BCUT2D eigenvalue weighted by molar-refractivity contribution is -0.384. The topological polar surface area (TPSA) is 128 Å². The molecule has 0 aliphatic carbocycles. The molecule has 0 amide bonds. The number of hydrogen-bond acceptors (Lipinski definition) is 7. The van der Waals surface area contributed by atoms with Crippen LogP contribution in [0.2, 0.25) is 0 Å². The van der Waals surface area contributed by atoms with Crippen molar-refractivity contribution in [2.45, 2.75) is 11.8 Å². The molecule has 10 heteroatoms. The fraction of sp³-hybridized carbons (Fsp3) is 0.0769. The number of aromatic nitrogens is 2. The molecule has 0 atom stereocenters. The normalized spacial score (nSPS) is 11.5. The zero-order chi connectivity index (χ0) is 16.6. The van der Waals surface area contributed by atoms with Gasteiger partial charge in [0.25, 0.3) is 15.7 Å². The van der Waals surface area contributed by atoms with Gasteiger partial charge in [0.1, 0.15) is 10.4 Å². The molecule has 2 aromatic carbocycles. The summed E-state index contributed by atoms with van der Waals surface area (Å²) in [6, 6.07) is 8.31. The van der Waals surface area contributed by atoms with Gasteiger partial charge in [0.15, 0.2) is 5.52 Å². The van der Waals surface area contributed by atoms with E-state index in [-0.39, 0.29) is 21.8 Å². The molecule has 0 radical (unpaired) electrons. The van der Waals surface area contributed by atoms with Gasteiger partial charge in [-0.1, -0.05) is 6.07 Å². The number of nitro groups is 1. The zero-order valence-corrected chi connectivity index (χ0v) is 12.6. The lowest BCUT2D eigenvalue weighted by Crippen LogP contribution is -2.14. The van der Waals surface area contributed by atoms with E-state index < -0.39 is 14.9 Å². The summed E-state index contributed by atoms with van der Waals surface area (Å²) < 4.78 is 32.0. The summed E-state index contributed by atoms with van der Waals surface area (Å²) in [7, 11) is -3.95. The highest BCUT2D eigenvalue weighted by Gasteiger charge is 2.21. The highest BCUT2D eigenvalue weighted by atomic mass is 32.2. The number of nitrogens with one attached hydrogen (secondary N) is 1. The second kappa shape index (κ2) is 5.32. The van der Waals surface area contributed by atoms with E-state index in [1.807, 2.05) is 0 Å². The number of sulfonamides is 1. The van der Waals surface area contributed by atoms with E-state index in [1.54, 1.807) is 13.0 Å². The van der Waals surface area contributed by atoms with Crippen molar-refractivity contribution in [2.24, 2.45) is 0 Å². The Labute approximate surface area is 130 Å². The predicted octanol–water partition coefficient (Wildman–Crippen LogP) is 2.24. The molecule has 1 N–H and O–H groups in total. The Morgan fingerprint density at radius 3 is 2.70 bits per heavy atom. The van der Waals surface area contributed by atoms with E-state index in [1.165, 1.54) is 30.3 Å². The van der Waals surface area contributed by atoms with Gasteiger partial charge in [-0.25, -0.2) is 13.0 Å². The van der Waals surface area contributed by atoms with Crippen LogP contribution in [0, 0.1) is 17.0 Å². The van der Waals surface area contributed by atoms with E-state index in [0.717, 1.165) is 0 Å². The standard InChI is InChI=1S/C13H10N4O5S/c1-8-7-9(17(18)19)5-6-10(8)16-23(20,21)12-4-2-3-11-13(12)15-22-14-11/h2-7,16H,1H3. The average molecular weight is 334 g/mol. The molecule has 0 aliphatic rings. The fourth-order valence-electron chi connectivity index (χ4n) is 2.07. The van der Waals surface area contributed by atoms with Crippen LogP contribution in [-0.4, -0.2) is 23.7 Å². The Hall–Kier alpha value is -3.01. The minimum atomic E-state index is -3.95. The van der Waals surface area contributed by atoms with Crippen LogP contribution in [0.15, 0.2) is 45.9 Å². The maximum Gasteiger partial charge on any atom is 0.269 e. The summed E-state index contributed by atoms with van der Waals surface area (Å²) >= 11 is 0. The molecule has 0 saturated carbocycles. The van der Waals surface area contributed by atoms with E-state index in [0.29, 0.717) is 11.1 Å². The van der Waals surface area contributed by atoms with E-state index >= 15 is 0 Å². The number of aryl methyl sites for hydroxylation is 1. The second-order valence-electron chi connectivity index (χ2n) is 4.75. The molecule has 23 heavy (non-hydrogen) atoms. The minimum Gasteiger partial charge on any atom is -0.279 e. The molecule has 0 bridgehead atoms. The zero-order valence-electron chi connectivity index (χ0n) is 11.8. The van der Waals surface area contributed by atoms with Crippen LogP contribution < -0.4 is 4.72 Å². The molecule has 0 spiro atoms. The van der Waals surface area contributed by atoms with E-state index in [2.05, 4.69) is 19.7 Å². The van der Waals surface area contributed by atoms with Gasteiger partial charge >= 0.3 is 0 Å². The molecule has 9 nitrogen and oxygen atoms in total. The average Bonchev–Trinajstić information content (AvgIpc) is 2.97. The van der Waals surface area contributed by atoms with Crippen LogP contribution in [0.25, 0.3) is 11.0 Å². The van der Waals surface area contributed by atoms with Crippen LogP contribution in [0.5, 0.6) is 0 Å². The van der Waals surface area contributed by atoms with Gasteiger partial charge < -0.3 is 0 Å². The monoisotopic (exact) mass is 334 g/mol. The molecule has 118 valence electrons. The second-order valence-corrected chi connectivity index (χ2v) is 6.40. The van der Waals surface area contributed by atoms with Crippen LogP contribution in [0.3, 0.4) is 0 Å². The van der Waals surface area contributed by atoms with Crippen molar-refractivity contribution in [3.8, 4) is 0 Å². The van der Waals surface area contributed by atoms with E-state index in [9.17, 15) is 18.5 Å². The number of benzene rings is 2. The summed E-state index contributed by atoms with van der Waals surface area (Å²) in [5.74, 6) is 0. The van der Waals surface area contributed by atoms with Crippen molar-refractivity contribution in [2.75, 3.05) is 4.72 Å². The molecule has 1 aromatic heterocycles. The number of non-ortho nitro benzene ring substituents is 1. The number of rotatable bonds is 4. The summed E-state index contributed by atoms with van der Waals surface area (Å²) in [5, 5.41) is 17.9. The third-order valence-corrected chi connectivity index (χ3v) is 4.60. The maximum absolute atomic E-state index is 12.5. The smallest absolute Gasteiger partial charge is 0.269 e. The number of nitrogens with zero attached hydrogens (tertiary/aromatic N) is 3. The summed E-state index contributed by atoms with van der Waals surface area (Å²) in [6.07, 6.45) is 0. The highest BCUT2D eigenvalue weighted by molar-refractivity contribution is 7.93. The first-order valence-electron chi connectivity index (χ1n) is 6.37. The maximum atomic E-state index is 12.5. The number of hydrogen-bond donors (Lipinski definition) is 1. The Morgan fingerprint density at radius 1 is 1.22 bits per heavy atom. The first-order valence-corrected chi connectivity index (χ1v) is 7.86. The number of fused-ring (bicyclic) bond motifs is 1. The third kappa shape index (κ3) is 2.71. The molecule has 0 fully saturated rings. The van der Waals surface area contributed by atoms with E-state index in [4.69, 9.17) is 0 Å². The molecule has 3 rings (SSSR count). The summed E-state index contributed by atoms with van der Waals surface area (Å²) in [5.41, 5.74) is 0.971. The lowest BCUT2D eigenvalue weighted by Gasteiger charge is -2.10. The first-order chi connectivity index (χ1) is 10.9. The first kappa shape index (κ1) is 14.9. The van der Waals surface area contributed by atoms with Gasteiger partial charge in [0.2, 0.25) is 0 Å². The minimum absolute atomic E-state index is 0.0889. The molecule has 0 aliphatic heterocycles. The van der Waals surface area contributed by atoms with Gasteiger partial charge in [-0.05, 0) is 41.0 Å². The van der Waals surface area contributed by atoms with Crippen molar-refractivity contribution in [3.63, 3.8) is 0 Å². The van der Waals surface area contributed by atoms with Crippen LogP contribution in [0.4, 0.5) is 11.4 Å². The Kier molecular flexibility index (Phi) is 3.45. The fourth-order valence-corrected chi connectivity index (χ4v) is 3.36. The van der Waals surface area contributed by atoms with Crippen molar-refractivity contribution in [1.29, 1.82) is 0 Å². The van der Waals surface area contributed by atoms with Gasteiger partial charge in [-0.3, -0.25) is 14.8 Å². The van der Waals surface area contributed by atoms with Gasteiger partial charge in [0.05, 0.1) is 10.6 Å². The number of nitro benzene ring substituents is 1. The SMILES string of the molecule is Cc1cc([N+](=O)[O-])ccc1NS(=O)(=O)c1cccc2nonc12.